The number of unbranched alkanes of at least 4 members (excludes halogenated alkanes) is 2. The number of hydrogen-bond donors (Lipinski definition) is 1. The van der Waals surface area contributed by atoms with Crippen molar-refractivity contribution >= 4 is 33.9 Å². The molecule has 4 aromatic rings. The van der Waals surface area contributed by atoms with E-state index in [0.29, 0.717) is 46.6 Å². The maximum atomic E-state index is 13.5. The number of anilines is 1. The lowest BCUT2D eigenvalue weighted by Crippen LogP contribution is -2.29. The molecule has 44 heavy (non-hydrogen) atoms. The molecular formula is C34H35N3O6S. The molecule has 9 nitrogen and oxygen atoms in total. The summed E-state index contributed by atoms with van der Waals surface area (Å²) < 4.78 is 17.5. The number of hydrogen-bond acceptors (Lipinski definition) is 9. The van der Waals surface area contributed by atoms with E-state index in [-0.39, 0.29) is 16.5 Å². The molecule has 1 atom stereocenters. The van der Waals surface area contributed by atoms with Gasteiger partial charge in [0, 0.05) is 5.56 Å². The van der Waals surface area contributed by atoms with Gasteiger partial charge in [-0.15, -0.1) is 10.2 Å². The maximum absolute atomic E-state index is 13.5. The van der Waals surface area contributed by atoms with Gasteiger partial charge in [0.2, 0.25) is 5.13 Å². The molecular weight excluding hydrogens is 578 g/mol. The van der Waals surface area contributed by atoms with Gasteiger partial charge in [0.25, 0.3) is 5.78 Å². The van der Waals surface area contributed by atoms with Crippen LogP contribution >= 0.6 is 11.3 Å². The highest BCUT2D eigenvalue weighted by Gasteiger charge is 2.48. The van der Waals surface area contributed by atoms with E-state index in [1.165, 1.54) is 23.3 Å². The number of Topliss-reactive ketones (excluding diaryl/α,β-unsaturated/α-hetero) is 1. The number of methoxy groups -OCH3 is 1. The first-order chi connectivity index (χ1) is 21.3. The SMILES string of the molecule is CCCCCOc1ccc(C2/C(=C(\O)c3ccc(OCc4cccc(C)c4)cc3)C(=O)C(=O)N2c2nnc(C)s2)cc1OC. The molecule has 1 amide bonds. The fourth-order valence-electron chi connectivity index (χ4n) is 5.07. The number of benzene rings is 3. The summed E-state index contributed by atoms with van der Waals surface area (Å²) in [4.78, 5) is 28.3. The third-order valence-electron chi connectivity index (χ3n) is 7.29. The molecule has 0 bridgehead atoms. The summed E-state index contributed by atoms with van der Waals surface area (Å²) >= 11 is 1.19. The van der Waals surface area contributed by atoms with E-state index in [0.717, 1.165) is 30.4 Å². The number of carbonyl (C=O) groups excluding carboxylic acids is 2. The first-order valence-corrected chi connectivity index (χ1v) is 15.3. The second kappa shape index (κ2) is 13.7. The molecule has 1 unspecified atom stereocenters. The Labute approximate surface area is 260 Å². The molecule has 10 heteroatoms. The summed E-state index contributed by atoms with van der Waals surface area (Å²) in [5, 5.41) is 20.6. The number of aliphatic hydroxyl groups excluding tert-OH is 1. The monoisotopic (exact) mass is 613 g/mol. The molecule has 1 fully saturated rings. The largest absolute Gasteiger partial charge is 0.507 e. The quantitative estimate of drug-likeness (QED) is 0.0792. The van der Waals surface area contributed by atoms with E-state index in [9.17, 15) is 14.7 Å². The van der Waals surface area contributed by atoms with Gasteiger partial charge in [0.05, 0.1) is 25.3 Å². The van der Waals surface area contributed by atoms with Gasteiger partial charge < -0.3 is 19.3 Å². The summed E-state index contributed by atoms with van der Waals surface area (Å²) in [5.74, 6) is -0.320. The number of rotatable bonds is 12. The Morgan fingerprint density at radius 3 is 2.43 bits per heavy atom. The van der Waals surface area contributed by atoms with Gasteiger partial charge in [0.1, 0.15) is 23.1 Å². The Kier molecular flexibility index (Phi) is 9.59. The van der Waals surface area contributed by atoms with E-state index in [2.05, 4.69) is 23.2 Å². The summed E-state index contributed by atoms with van der Waals surface area (Å²) in [7, 11) is 1.53. The van der Waals surface area contributed by atoms with Crippen LogP contribution in [0.3, 0.4) is 0 Å². The van der Waals surface area contributed by atoms with Crippen LogP contribution in [-0.2, 0) is 16.2 Å². The lowest BCUT2D eigenvalue weighted by atomic mass is 9.95. The minimum absolute atomic E-state index is 0.0602. The Bertz CT molecular complexity index is 1680. The number of aromatic nitrogens is 2. The lowest BCUT2D eigenvalue weighted by Gasteiger charge is -2.23. The fraction of sp³-hybridized carbons (Fsp3) is 0.294. The second-order valence-corrected chi connectivity index (χ2v) is 11.7. The summed E-state index contributed by atoms with van der Waals surface area (Å²) in [6, 6.07) is 19.1. The minimum Gasteiger partial charge on any atom is -0.507 e. The van der Waals surface area contributed by atoms with Crippen LogP contribution in [0.2, 0.25) is 0 Å². The van der Waals surface area contributed by atoms with E-state index >= 15 is 0 Å². The smallest absolute Gasteiger partial charge is 0.301 e. The zero-order chi connectivity index (χ0) is 31.2. The van der Waals surface area contributed by atoms with Crippen molar-refractivity contribution in [3.63, 3.8) is 0 Å². The van der Waals surface area contributed by atoms with E-state index < -0.39 is 17.7 Å². The van der Waals surface area contributed by atoms with E-state index in [1.54, 1.807) is 49.4 Å². The van der Waals surface area contributed by atoms with Crippen LogP contribution < -0.4 is 19.1 Å². The van der Waals surface area contributed by atoms with Gasteiger partial charge in [-0.25, -0.2) is 0 Å². The summed E-state index contributed by atoms with van der Waals surface area (Å²) in [5.41, 5.74) is 3.04. The first-order valence-electron chi connectivity index (χ1n) is 14.5. The number of ketones is 1. The van der Waals surface area contributed by atoms with E-state index in [4.69, 9.17) is 14.2 Å². The highest BCUT2D eigenvalue weighted by atomic mass is 32.1. The molecule has 0 aliphatic carbocycles. The predicted molar refractivity (Wildman–Crippen MR) is 169 cm³/mol. The number of nitrogens with zero attached hydrogens (tertiary/aromatic N) is 3. The highest BCUT2D eigenvalue weighted by Crippen LogP contribution is 2.45. The molecule has 0 saturated carbocycles. The zero-order valence-electron chi connectivity index (χ0n) is 25.2. The molecule has 1 aliphatic rings. The molecule has 1 aliphatic heterocycles. The van der Waals surface area contributed by atoms with Crippen LogP contribution in [0.1, 0.15) is 59.5 Å². The van der Waals surface area contributed by atoms with Crippen LogP contribution in [-0.4, -0.2) is 40.7 Å². The number of carbonyl (C=O) groups is 2. The van der Waals surface area contributed by atoms with Gasteiger partial charge in [-0.2, -0.15) is 0 Å². The first kappa shape index (κ1) is 30.7. The van der Waals surface area contributed by atoms with Crippen molar-refractivity contribution in [2.45, 2.75) is 52.7 Å². The minimum atomic E-state index is -0.970. The third kappa shape index (κ3) is 6.60. The molecule has 0 radical (unpaired) electrons. The van der Waals surface area contributed by atoms with Crippen LogP contribution in [0.25, 0.3) is 5.76 Å². The number of ether oxygens (including phenoxy) is 3. The van der Waals surface area contributed by atoms with Crippen LogP contribution in [0.15, 0.2) is 72.3 Å². The fourth-order valence-corrected chi connectivity index (χ4v) is 5.78. The van der Waals surface area contributed by atoms with Crippen molar-refractivity contribution in [2.75, 3.05) is 18.6 Å². The molecule has 2 heterocycles. The predicted octanol–water partition coefficient (Wildman–Crippen LogP) is 6.94. The van der Waals surface area contributed by atoms with Gasteiger partial charge in [-0.3, -0.25) is 14.5 Å². The van der Waals surface area contributed by atoms with Crippen molar-refractivity contribution in [1.82, 2.24) is 10.2 Å². The highest BCUT2D eigenvalue weighted by molar-refractivity contribution is 7.15. The maximum Gasteiger partial charge on any atom is 0.301 e. The molecule has 0 spiro atoms. The van der Waals surface area contributed by atoms with Crippen molar-refractivity contribution in [3.05, 3.63) is 99.6 Å². The molecule has 1 N–H and O–H groups in total. The molecule has 1 saturated heterocycles. The van der Waals surface area contributed by atoms with E-state index in [1.807, 2.05) is 25.1 Å². The Morgan fingerprint density at radius 2 is 1.75 bits per heavy atom. The molecule has 1 aromatic heterocycles. The summed E-state index contributed by atoms with van der Waals surface area (Å²) in [6.45, 7) is 6.84. The summed E-state index contributed by atoms with van der Waals surface area (Å²) in [6.07, 6.45) is 3.04. The van der Waals surface area contributed by atoms with Crippen LogP contribution in [0.5, 0.6) is 17.2 Å². The molecule has 5 rings (SSSR count). The van der Waals surface area contributed by atoms with Crippen LogP contribution in [0, 0.1) is 13.8 Å². The van der Waals surface area contributed by atoms with Crippen molar-refractivity contribution in [3.8, 4) is 17.2 Å². The Morgan fingerprint density at radius 1 is 0.955 bits per heavy atom. The average Bonchev–Trinajstić information content (AvgIpc) is 3.57. The zero-order valence-corrected chi connectivity index (χ0v) is 26.0. The number of aliphatic hydroxyl groups is 1. The standard InChI is InChI=1S/C34H35N3O6S/c1-5-6-7-17-42-27-16-13-25(19-28(27)41-4)30-29(32(39)33(40)37(30)34-36-35-22(3)44-34)31(38)24-11-14-26(15-12-24)43-20-23-10-8-9-21(2)18-23/h8-16,18-19,30,38H,5-7,17,20H2,1-4H3/b31-29+. The van der Waals surface area contributed by atoms with Gasteiger partial charge in [-0.05, 0) is 67.8 Å². The topological polar surface area (TPSA) is 111 Å². The van der Waals surface area contributed by atoms with Gasteiger partial charge >= 0.3 is 5.91 Å². The Balaban J connectivity index is 1.50. The van der Waals surface area contributed by atoms with Crippen molar-refractivity contribution < 1.29 is 28.9 Å². The second-order valence-electron chi connectivity index (χ2n) is 10.5. The van der Waals surface area contributed by atoms with Crippen molar-refractivity contribution in [1.29, 1.82) is 0 Å². The number of amides is 1. The third-order valence-corrected chi connectivity index (χ3v) is 8.13. The molecule has 228 valence electrons. The lowest BCUT2D eigenvalue weighted by molar-refractivity contribution is -0.132. The van der Waals surface area contributed by atoms with Gasteiger partial charge in [-0.1, -0.05) is 67.0 Å². The Hall–Kier alpha value is -4.70. The number of aryl methyl sites for hydroxylation is 2. The van der Waals surface area contributed by atoms with Crippen molar-refractivity contribution in [2.24, 2.45) is 0 Å². The van der Waals surface area contributed by atoms with Crippen LogP contribution in [0.4, 0.5) is 5.13 Å². The van der Waals surface area contributed by atoms with Gasteiger partial charge in [0.15, 0.2) is 11.5 Å². The average molecular weight is 614 g/mol. The molecule has 3 aromatic carbocycles. The normalized spacial score (nSPS) is 15.9.